The standard InChI is InChI=1S/C10H22N2O2/c1-6-10(2,9(13)14-5)11-7-8-12(3)4/h11H,6-8H2,1-5H3. The molecule has 0 saturated heterocycles. The summed E-state index contributed by atoms with van der Waals surface area (Å²) in [5, 5.41) is 3.21. The van der Waals surface area contributed by atoms with Gasteiger partial charge in [0, 0.05) is 13.1 Å². The first-order valence-electron chi connectivity index (χ1n) is 4.94. The van der Waals surface area contributed by atoms with Crippen molar-refractivity contribution in [2.24, 2.45) is 0 Å². The number of carbonyl (C=O) groups excluding carboxylic acids is 1. The van der Waals surface area contributed by atoms with Crippen LogP contribution in [0.2, 0.25) is 0 Å². The Morgan fingerprint density at radius 2 is 2.07 bits per heavy atom. The predicted molar refractivity (Wildman–Crippen MR) is 57.3 cm³/mol. The molecular weight excluding hydrogens is 180 g/mol. The normalized spacial score (nSPS) is 15.3. The number of nitrogens with zero attached hydrogens (tertiary/aromatic N) is 1. The van der Waals surface area contributed by atoms with Gasteiger partial charge in [-0.2, -0.15) is 0 Å². The zero-order valence-electron chi connectivity index (χ0n) is 9.89. The van der Waals surface area contributed by atoms with Crippen LogP contribution in [0.1, 0.15) is 20.3 Å². The quantitative estimate of drug-likeness (QED) is 0.636. The van der Waals surface area contributed by atoms with Gasteiger partial charge >= 0.3 is 5.97 Å². The Hall–Kier alpha value is -0.610. The van der Waals surface area contributed by atoms with Gasteiger partial charge in [-0.1, -0.05) is 6.92 Å². The van der Waals surface area contributed by atoms with Gasteiger partial charge in [-0.05, 0) is 27.4 Å². The first-order valence-corrected chi connectivity index (χ1v) is 4.94. The van der Waals surface area contributed by atoms with E-state index in [0.29, 0.717) is 0 Å². The van der Waals surface area contributed by atoms with Gasteiger partial charge in [-0.25, -0.2) is 0 Å². The van der Waals surface area contributed by atoms with Crippen LogP contribution >= 0.6 is 0 Å². The maximum atomic E-state index is 11.4. The van der Waals surface area contributed by atoms with Crippen molar-refractivity contribution in [3.05, 3.63) is 0 Å². The molecule has 0 spiro atoms. The molecule has 0 aliphatic rings. The van der Waals surface area contributed by atoms with Crippen molar-refractivity contribution < 1.29 is 9.53 Å². The molecule has 0 saturated carbocycles. The summed E-state index contributed by atoms with van der Waals surface area (Å²) >= 11 is 0. The van der Waals surface area contributed by atoms with Gasteiger partial charge in [0.1, 0.15) is 5.54 Å². The van der Waals surface area contributed by atoms with Gasteiger partial charge in [-0.3, -0.25) is 4.79 Å². The van der Waals surface area contributed by atoms with Gasteiger partial charge in [0.05, 0.1) is 7.11 Å². The third-order valence-electron chi connectivity index (χ3n) is 2.42. The Labute approximate surface area is 86.6 Å². The van der Waals surface area contributed by atoms with Crippen molar-refractivity contribution in [2.75, 3.05) is 34.3 Å². The molecule has 0 bridgehead atoms. The number of methoxy groups -OCH3 is 1. The zero-order valence-corrected chi connectivity index (χ0v) is 9.89. The van der Waals surface area contributed by atoms with Gasteiger partial charge in [-0.15, -0.1) is 0 Å². The molecule has 84 valence electrons. The Kier molecular flexibility index (Phi) is 5.72. The summed E-state index contributed by atoms with van der Waals surface area (Å²) in [5.74, 6) is -0.196. The second-order valence-electron chi connectivity index (χ2n) is 3.91. The fourth-order valence-corrected chi connectivity index (χ4v) is 1.12. The molecule has 4 heteroatoms. The van der Waals surface area contributed by atoms with E-state index in [1.807, 2.05) is 27.9 Å². The molecule has 0 heterocycles. The molecule has 1 atom stereocenters. The van der Waals surface area contributed by atoms with E-state index in [1.165, 1.54) is 7.11 Å². The van der Waals surface area contributed by atoms with Crippen molar-refractivity contribution in [1.29, 1.82) is 0 Å². The number of hydrogen-bond donors (Lipinski definition) is 1. The maximum Gasteiger partial charge on any atom is 0.325 e. The maximum absolute atomic E-state index is 11.4. The Bertz CT molecular complexity index is 183. The van der Waals surface area contributed by atoms with Crippen molar-refractivity contribution in [3.8, 4) is 0 Å². The van der Waals surface area contributed by atoms with Crippen molar-refractivity contribution in [1.82, 2.24) is 10.2 Å². The van der Waals surface area contributed by atoms with Crippen LogP contribution in [0.15, 0.2) is 0 Å². The first-order chi connectivity index (χ1) is 6.46. The highest BCUT2D eigenvalue weighted by molar-refractivity contribution is 5.80. The second-order valence-corrected chi connectivity index (χ2v) is 3.91. The lowest BCUT2D eigenvalue weighted by Crippen LogP contribution is -2.51. The molecule has 14 heavy (non-hydrogen) atoms. The molecule has 1 unspecified atom stereocenters. The lowest BCUT2D eigenvalue weighted by atomic mass is 9.99. The Balaban J connectivity index is 4.06. The van der Waals surface area contributed by atoms with Crippen LogP contribution in [0.5, 0.6) is 0 Å². The summed E-state index contributed by atoms with van der Waals surface area (Å²) in [6, 6.07) is 0. The number of nitrogens with one attached hydrogen (secondary N) is 1. The number of hydrogen-bond acceptors (Lipinski definition) is 4. The minimum Gasteiger partial charge on any atom is -0.468 e. The molecule has 0 aromatic rings. The van der Waals surface area contributed by atoms with Gasteiger partial charge in [0.2, 0.25) is 0 Å². The first kappa shape index (κ1) is 13.4. The highest BCUT2D eigenvalue weighted by atomic mass is 16.5. The van der Waals surface area contributed by atoms with Crippen molar-refractivity contribution >= 4 is 5.97 Å². The molecule has 0 aliphatic carbocycles. The smallest absolute Gasteiger partial charge is 0.325 e. The summed E-state index contributed by atoms with van der Waals surface area (Å²) in [6.45, 7) is 5.53. The lowest BCUT2D eigenvalue weighted by molar-refractivity contribution is -0.148. The van der Waals surface area contributed by atoms with E-state index >= 15 is 0 Å². The minimum atomic E-state index is -0.551. The van der Waals surface area contributed by atoms with Crippen LogP contribution < -0.4 is 5.32 Å². The molecule has 4 nitrogen and oxygen atoms in total. The molecular formula is C10H22N2O2. The SMILES string of the molecule is CCC(C)(NCCN(C)C)C(=O)OC. The summed E-state index contributed by atoms with van der Waals surface area (Å²) in [6.07, 6.45) is 0.729. The fourth-order valence-electron chi connectivity index (χ4n) is 1.12. The van der Waals surface area contributed by atoms with E-state index in [4.69, 9.17) is 4.74 Å². The molecule has 0 radical (unpaired) electrons. The zero-order chi connectivity index (χ0) is 11.2. The largest absolute Gasteiger partial charge is 0.468 e. The van der Waals surface area contributed by atoms with Crippen LogP contribution in [0.25, 0.3) is 0 Å². The average Bonchev–Trinajstić information content (AvgIpc) is 2.15. The second kappa shape index (κ2) is 5.98. The Morgan fingerprint density at radius 3 is 2.43 bits per heavy atom. The third-order valence-corrected chi connectivity index (χ3v) is 2.42. The number of esters is 1. The lowest BCUT2D eigenvalue weighted by Gasteiger charge is -2.27. The highest BCUT2D eigenvalue weighted by Gasteiger charge is 2.31. The summed E-state index contributed by atoms with van der Waals surface area (Å²) in [5.41, 5.74) is -0.551. The topological polar surface area (TPSA) is 41.6 Å². The van der Waals surface area contributed by atoms with Crippen LogP contribution in [-0.2, 0) is 9.53 Å². The van der Waals surface area contributed by atoms with E-state index in [-0.39, 0.29) is 5.97 Å². The predicted octanol–water partition coefficient (Wildman–Crippen LogP) is 0.479. The summed E-state index contributed by atoms with van der Waals surface area (Å²) in [7, 11) is 5.43. The van der Waals surface area contributed by atoms with Gasteiger partial charge in [0.15, 0.2) is 0 Å². The Morgan fingerprint density at radius 1 is 1.50 bits per heavy atom. The van der Waals surface area contributed by atoms with E-state index in [1.54, 1.807) is 0 Å². The van der Waals surface area contributed by atoms with Crippen molar-refractivity contribution in [3.63, 3.8) is 0 Å². The van der Waals surface area contributed by atoms with Crippen LogP contribution in [0.4, 0.5) is 0 Å². The third kappa shape index (κ3) is 4.07. The molecule has 1 N–H and O–H groups in total. The van der Waals surface area contributed by atoms with Crippen molar-refractivity contribution in [2.45, 2.75) is 25.8 Å². The molecule has 0 aromatic heterocycles. The molecule has 0 amide bonds. The van der Waals surface area contributed by atoms with Gasteiger partial charge < -0.3 is 15.0 Å². The number of rotatable bonds is 6. The molecule has 0 rings (SSSR count). The van der Waals surface area contributed by atoms with E-state index < -0.39 is 5.54 Å². The average molecular weight is 202 g/mol. The number of likely N-dealkylation sites (N-methyl/N-ethyl adjacent to an activating group) is 1. The molecule has 0 aromatic carbocycles. The van der Waals surface area contributed by atoms with E-state index in [9.17, 15) is 4.79 Å². The minimum absolute atomic E-state index is 0.196. The van der Waals surface area contributed by atoms with Crippen LogP contribution in [0, 0.1) is 0 Å². The summed E-state index contributed by atoms with van der Waals surface area (Å²) in [4.78, 5) is 13.5. The van der Waals surface area contributed by atoms with Crippen LogP contribution in [-0.4, -0.2) is 50.7 Å². The fraction of sp³-hybridized carbons (Fsp3) is 0.900. The monoisotopic (exact) mass is 202 g/mol. The van der Waals surface area contributed by atoms with Crippen LogP contribution in [0.3, 0.4) is 0 Å². The van der Waals surface area contributed by atoms with Gasteiger partial charge in [0.25, 0.3) is 0 Å². The highest BCUT2D eigenvalue weighted by Crippen LogP contribution is 2.10. The number of carbonyl (C=O) groups is 1. The van der Waals surface area contributed by atoms with E-state index in [2.05, 4.69) is 10.2 Å². The number of ether oxygens (including phenoxy) is 1. The van der Waals surface area contributed by atoms with E-state index in [0.717, 1.165) is 19.5 Å². The molecule has 0 aliphatic heterocycles. The molecule has 0 fully saturated rings. The summed E-state index contributed by atoms with van der Waals surface area (Å²) < 4.78 is 4.75.